The van der Waals surface area contributed by atoms with Gasteiger partial charge in [-0.15, -0.1) is 0 Å². The van der Waals surface area contributed by atoms with Gasteiger partial charge in [0.15, 0.2) is 5.78 Å². The van der Waals surface area contributed by atoms with Crippen LogP contribution in [0.25, 0.3) is 17.2 Å². The normalized spacial score (nSPS) is 19.7. The molecule has 0 N–H and O–H groups in total. The first kappa shape index (κ1) is 15.7. The molecule has 1 atom stereocenters. The van der Waals surface area contributed by atoms with Gasteiger partial charge in [0.2, 0.25) is 0 Å². The largest absolute Gasteiger partial charge is 0.309 e. The maximum atomic E-state index is 12.4. The van der Waals surface area contributed by atoms with Gasteiger partial charge in [0.1, 0.15) is 0 Å². The summed E-state index contributed by atoms with van der Waals surface area (Å²) in [6, 6.07) is 18.8. The summed E-state index contributed by atoms with van der Waals surface area (Å²) in [7, 11) is 4.05. The fourth-order valence-electron chi connectivity index (χ4n) is 3.21. The van der Waals surface area contributed by atoms with Crippen LogP contribution in [0.1, 0.15) is 18.4 Å². The predicted octanol–water partition coefficient (Wildman–Crippen LogP) is 4.28. The smallest absolute Gasteiger partial charge is 0.163 e. The van der Waals surface area contributed by atoms with E-state index in [9.17, 15) is 4.79 Å². The molecule has 1 fully saturated rings. The van der Waals surface area contributed by atoms with Crippen LogP contribution in [0.15, 0.2) is 60.2 Å². The molecule has 0 aliphatic heterocycles. The van der Waals surface area contributed by atoms with Crippen LogP contribution in [0.5, 0.6) is 0 Å². The first-order chi connectivity index (χ1) is 11.1. The topological polar surface area (TPSA) is 20.3 Å². The van der Waals surface area contributed by atoms with E-state index in [1.165, 1.54) is 11.1 Å². The molecule has 2 aromatic carbocycles. The average Bonchev–Trinajstić information content (AvgIpc) is 2.89. The van der Waals surface area contributed by atoms with Crippen LogP contribution >= 0.6 is 0 Å². The zero-order valence-electron chi connectivity index (χ0n) is 13.8. The van der Waals surface area contributed by atoms with E-state index >= 15 is 0 Å². The number of ketones is 1. The highest BCUT2D eigenvalue weighted by atomic mass is 16.1. The Morgan fingerprint density at radius 2 is 1.65 bits per heavy atom. The van der Waals surface area contributed by atoms with Crippen molar-refractivity contribution < 1.29 is 4.79 Å². The fourth-order valence-corrected chi connectivity index (χ4v) is 3.21. The number of hydrogen-bond acceptors (Lipinski definition) is 2. The highest BCUT2D eigenvalue weighted by Crippen LogP contribution is 2.29. The van der Waals surface area contributed by atoms with Crippen molar-refractivity contribution in [2.24, 2.45) is 5.92 Å². The molecule has 118 valence electrons. The summed E-state index contributed by atoms with van der Waals surface area (Å²) in [5.41, 5.74) is 4.51. The van der Waals surface area contributed by atoms with E-state index in [0.29, 0.717) is 5.78 Å². The molecule has 1 unspecified atom stereocenters. The van der Waals surface area contributed by atoms with Crippen molar-refractivity contribution in [1.82, 2.24) is 4.90 Å². The number of benzene rings is 2. The van der Waals surface area contributed by atoms with Crippen LogP contribution in [-0.2, 0) is 4.79 Å². The summed E-state index contributed by atoms with van der Waals surface area (Å²) in [5, 5.41) is 0. The van der Waals surface area contributed by atoms with Gasteiger partial charge in [0.05, 0.1) is 0 Å². The Balaban J connectivity index is 1.75. The van der Waals surface area contributed by atoms with E-state index in [4.69, 9.17) is 0 Å². The summed E-state index contributed by atoms with van der Waals surface area (Å²) < 4.78 is 0. The summed E-state index contributed by atoms with van der Waals surface area (Å²) in [6.07, 6.45) is 3.94. The first-order valence-corrected chi connectivity index (χ1v) is 8.18. The molecule has 0 radical (unpaired) electrons. The monoisotopic (exact) mass is 305 g/mol. The van der Waals surface area contributed by atoms with Gasteiger partial charge in [-0.2, -0.15) is 0 Å². The van der Waals surface area contributed by atoms with E-state index in [2.05, 4.69) is 47.4 Å². The quantitative estimate of drug-likeness (QED) is 0.786. The SMILES string of the molecule is CN(C)CC1CCC(=Cc2ccc(-c3ccccc3)cc2)C1=O. The second kappa shape index (κ2) is 6.93. The summed E-state index contributed by atoms with van der Waals surface area (Å²) in [4.78, 5) is 14.5. The summed E-state index contributed by atoms with van der Waals surface area (Å²) in [5.74, 6) is 0.491. The molecule has 0 aromatic heterocycles. The van der Waals surface area contributed by atoms with E-state index in [1.807, 2.05) is 32.3 Å². The van der Waals surface area contributed by atoms with E-state index in [0.717, 1.165) is 30.5 Å². The van der Waals surface area contributed by atoms with Crippen molar-refractivity contribution in [3.8, 4) is 11.1 Å². The lowest BCUT2D eigenvalue weighted by Gasteiger charge is -2.13. The number of allylic oxidation sites excluding steroid dienone is 1. The minimum absolute atomic E-state index is 0.167. The maximum Gasteiger partial charge on any atom is 0.163 e. The zero-order valence-corrected chi connectivity index (χ0v) is 13.8. The lowest BCUT2D eigenvalue weighted by molar-refractivity contribution is -0.118. The number of carbonyl (C=O) groups is 1. The minimum atomic E-state index is 0.167. The van der Waals surface area contributed by atoms with Crippen molar-refractivity contribution in [1.29, 1.82) is 0 Å². The van der Waals surface area contributed by atoms with Gasteiger partial charge in [0, 0.05) is 12.5 Å². The molecule has 0 saturated heterocycles. The van der Waals surface area contributed by atoms with Gasteiger partial charge >= 0.3 is 0 Å². The van der Waals surface area contributed by atoms with Crippen molar-refractivity contribution in [3.05, 3.63) is 65.7 Å². The van der Waals surface area contributed by atoms with E-state index < -0.39 is 0 Å². The third kappa shape index (κ3) is 3.77. The number of rotatable bonds is 4. The number of Topliss-reactive ketones (excluding diaryl/α,β-unsaturated/α-hetero) is 1. The Morgan fingerprint density at radius 3 is 2.30 bits per heavy atom. The molecule has 2 aromatic rings. The molecule has 2 nitrogen and oxygen atoms in total. The second-order valence-electron chi connectivity index (χ2n) is 6.52. The maximum absolute atomic E-state index is 12.4. The molecule has 0 amide bonds. The third-order valence-corrected chi connectivity index (χ3v) is 4.39. The predicted molar refractivity (Wildman–Crippen MR) is 96.1 cm³/mol. The number of nitrogens with zero attached hydrogens (tertiary/aromatic N) is 1. The first-order valence-electron chi connectivity index (χ1n) is 8.18. The Morgan fingerprint density at radius 1 is 1.00 bits per heavy atom. The Hall–Kier alpha value is -2.19. The zero-order chi connectivity index (χ0) is 16.2. The average molecular weight is 305 g/mol. The van der Waals surface area contributed by atoms with Crippen LogP contribution in [0, 0.1) is 5.92 Å². The molecule has 1 aliphatic rings. The summed E-state index contributed by atoms with van der Waals surface area (Å²) in [6.45, 7) is 0.850. The number of hydrogen-bond donors (Lipinski definition) is 0. The van der Waals surface area contributed by atoms with Crippen LogP contribution in [-0.4, -0.2) is 31.3 Å². The molecular weight excluding hydrogens is 282 g/mol. The molecule has 23 heavy (non-hydrogen) atoms. The molecule has 1 aliphatic carbocycles. The lowest BCUT2D eigenvalue weighted by atomic mass is 10.0. The molecular formula is C21H23NO. The van der Waals surface area contributed by atoms with Gasteiger partial charge in [-0.05, 0) is 55.3 Å². The molecule has 0 spiro atoms. The fraction of sp³-hybridized carbons (Fsp3) is 0.286. The molecule has 1 saturated carbocycles. The van der Waals surface area contributed by atoms with Crippen molar-refractivity contribution in [3.63, 3.8) is 0 Å². The van der Waals surface area contributed by atoms with E-state index in [1.54, 1.807) is 0 Å². The Labute approximate surface area is 138 Å². The van der Waals surface area contributed by atoms with Crippen LogP contribution in [0.2, 0.25) is 0 Å². The highest BCUT2D eigenvalue weighted by Gasteiger charge is 2.29. The standard InChI is InChI=1S/C21H23NO/c1-22(2)15-20-13-12-19(21(20)23)14-16-8-10-18(11-9-16)17-6-4-3-5-7-17/h3-11,14,20H,12-13,15H2,1-2H3. The minimum Gasteiger partial charge on any atom is -0.309 e. The van der Waals surface area contributed by atoms with Crippen LogP contribution in [0.4, 0.5) is 0 Å². The van der Waals surface area contributed by atoms with Crippen LogP contribution in [0.3, 0.4) is 0 Å². The highest BCUT2D eigenvalue weighted by molar-refractivity contribution is 6.03. The van der Waals surface area contributed by atoms with Gasteiger partial charge < -0.3 is 4.90 Å². The van der Waals surface area contributed by atoms with Crippen molar-refractivity contribution in [2.75, 3.05) is 20.6 Å². The van der Waals surface area contributed by atoms with Crippen LogP contribution < -0.4 is 0 Å². The van der Waals surface area contributed by atoms with Crippen molar-refractivity contribution >= 4 is 11.9 Å². The summed E-state index contributed by atoms with van der Waals surface area (Å²) >= 11 is 0. The molecule has 2 heteroatoms. The second-order valence-corrected chi connectivity index (χ2v) is 6.52. The van der Waals surface area contributed by atoms with Crippen molar-refractivity contribution in [2.45, 2.75) is 12.8 Å². The van der Waals surface area contributed by atoms with Gasteiger partial charge in [-0.25, -0.2) is 0 Å². The lowest BCUT2D eigenvalue weighted by Crippen LogP contribution is -2.24. The molecule has 0 heterocycles. The van der Waals surface area contributed by atoms with E-state index in [-0.39, 0.29) is 5.92 Å². The third-order valence-electron chi connectivity index (χ3n) is 4.39. The Bertz CT molecular complexity index is 698. The Kier molecular flexibility index (Phi) is 4.73. The number of carbonyl (C=O) groups excluding carboxylic acids is 1. The van der Waals surface area contributed by atoms with Gasteiger partial charge in [-0.1, -0.05) is 54.6 Å². The molecule has 0 bridgehead atoms. The van der Waals surface area contributed by atoms with Gasteiger partial charge in [-0.3, -0.25) is 4.79 Å². The molecule has 3 rings (SSSR count). The van der Waals surface area contributed by atoms with Gasteiger partial charge in [0.25, 0.3) is 0 Å².